The van der Waals surface area contributed by atoms with Crippen LogP contribution >= 0.6 is 0 Å². The van der Waals surface area contributed by atoms with Gasteiger partial charge in [0.15, 0.2) is 0 Å². The predicted molar refractivity (Wildman–Crippen MR) is 55.1 cm³/mol. The van der Waals surface area contributed by atoms with Gasteiger partial charge in [-0.05, 0) is 25.0 Å². The second-order valence-electron chi connectivity index (χ2n) is 3.89. The molecule has 1 aromatic rings. The van der Waals surface area contributed by atoms with Crippen molar-refractivity contribution in [1.29, 1.82) is 0 Å². The molecular weight excluding hydrogens is 192 g/mol. The van der Waals surface area contributed by atoms with Crippen molar-refractivity contribution in [2.75, 3.05) is 0 Å². The number of aliphatic hydroxyl groups excluding tert-OH is 1. The lowest BCUT2D eigenvalue weighted by atomic mass is 9.89. The number of hydrogen-bond acceptors (Lipinski definition) is 3. The highest BCUT2D eigenvalue weighted by molar-refractivity contribution is 5.78. The lowest BCUT2D eigenvalue weighted by Gasteiger charge is -2.31. The zero-order valence-corrected chi connectivity index (χ0v) is 8.39. The van der Waals surface area contributed by atoms with Gasteiger partial charge in [-0.3, -0.25) is 9.78 Å². The number of amides is 1. The number of nitrogens with one attached hydrogen (secondary N) is 1. The van der Waals surface area contributed by atoms with Crippen LogP contribution in [0.3, 0.4) is 0 Å². The van der Waals surface area contributed by atoms with Gasteiger partial charge >= 0.3 is 0 Å². The number of aliphatic hydroxyl groups is 1. The summed E-state index contributed by atoms with van der Waals surface area (Å²) < 4.78 is 0. The van der Waals surface area contributed by atoms with E-state index in [1.54, 1.807) is 6.20 Å². The van der Waals surface area contributed by atoms with Crippen molar-refractivity contribution < 1.29 is 9.90 Å². The molecule has 1 heterocycles. The fourth-order valence-electron chi connectivity index (χ4n) is 1.65. The minimum Gasteiger partial charge on any atom is -0.393 e. The van der Waals surface area contributed by atoms with E-state index in [4.69, 9.17) is 5.11 Å². The molecule has 0 atom stereocenters. The zero-order chi connectivity index (χ0) is 10.7. The Labute approximate surface area is 88.3 Å². The van der Waals surface area contributed by atoms with E-state index in [0.717, 1.165) is 5.69 Å². The van der Waals surface area contributed by atoms with Crippen molar-refractivity contribution >= 4 is 5.91 Å². The van der Waals surface area contributed by atoms with Gasteiger partial charge in [0.2, 0.25) is 5.91 Å². The summed E-state index contributed by atoms with van der Waals surface area (Å²) in [5, 5.41) is 11.9. The Hall–Kier alpha value is -1.42. The zero-order valence-electron chi connectivity index (χ0n) is 8.39. The molecule has 0 aromatic carbocycles. The third-order valence-corrected chi connectivity index (χ3v) is 2.55. The maximum absolute atomic E-state index is 11.5. The Bertz CT molecular complexity index is 334. The molecule has 0 saturated heterocycles. The molecule has 1 aliphatic rings. The molecule has 1 saturated carbocycles. The number of carbonyl (C=O) groups is 1. The molecule has 1 amide bonds. The van der Waals surface area contributed by atoms with Crippen molar-refractivity contribution in [2.24, 2.45) is 0 Å². The molecule has 0 radical (unpaired) electrons. The molecule has 2 rings (SSSR count). The molecule has 0 bridgehead atoms. The smallest absolute Gasteiger partial charge is 0.226 e. The van der Waals surface area contributed by atoms with E-state index >= 15 is 0 Å². The maximum Gasteiger partial charge on any atom is 0.226 e. The molecule has 0 unspecified atom stereocenters. The SMILES string of the molecule is O=C(Cc1ccccn1)NC1CC(O)C1. The monoisotopic (exact) mass is 206 g/mol. The summed E-state index contributed by atoms with van der Waals surface area (Å²) in [5.74, 6) is -0.0226. The highest BCUT2D eigenvalue weighted by Gasteiger charge is 2.28. The van der Waals surface area contributed by atoms with Crippen LogP contribution in [0.1, 0.15) is 18.5 Å². The van der Waals surface area contributed by atoms with Crippen molar-refractivity contribution in [3.63, 3.8) is 0 Å². The van der Waals surface area contributed by atoms with E-state index in [0.29, 0.717) is 19.3 Å². The average Bonchev–Trinajstić information content (AvgIpc) is 2.17. The van der Waals surface area contributed by atoms with Gasteiger partial charge in [-0.2, -0.15) is 0 Å². The number of hydrogen-bond donors (Lipinski definition) is 2. The van der Waals surface area contributed by atoms with Crippen LogP contribution in [0.4, 0.5) is 0 Å². The Kier molecular flexibility index (Phi) is 2.97. The Morgan fingerprint density at radius 3 is 2.93 bits per heavy atom. The minimum absolute atomic E-state index is 0.0226. The van der Waals surface area contributed by atoms with Gasteiger partial charge in [0.25, 0.3) is 0 Å². The molecule has 1 fully saturated rings. The fraction of sp³-hybridized carbons (Fsp3) is 0.455. The van der Waals surface area contributed by atoms with Crippen molar-refractivity contribution in [3.8, 4) is 0 Å². The molecule has 1 aromatic heterocycles. The summed E-state index contributed by atoms with van der Waals surface area (Å²) in [4.78, 5) is 15.6. The van der Waals surface area contributed by atoms with E-state index in [2.05, 4.69) is 10.3 Å². The number of rotatable bonds is 3. The molecule has 0 spiro atoms. The van der Waals surface area contributed by atoms with E-state index in [-0.39, 0.29) is 18.1 Å². The summed E-state index contributed by atoms with van der Waals surface area (Å²) in [7, 11) is 0. The number of carbonyl (C=O) groups excluding carboxylic acids is 1. The number of pyridine rings is 1. The van der Waals surface area contributed by atoms with Crippen molar-refractivity contribution in [3.05, 3.63) is 30.1 Å². The second-order valence-corrected chi connectivity index (χ2v) is 3.89. The topological polar surface area (TPSA) is 62.2 Å². The largest absolute Gasteiger partial charge is 0.393 e. The molecule has 80 valence electrons. The first-order valence-corrected chi connectivity index (χ1v) is 5.11. The van der Waals surface area contributed by atoms with Crippen LogP contribution in [-0.4, -0.2) is 28.1 Å². The first kappa shape index (κ1) is 10.1. The van der Waals surface area contributed by atoms with E-state index in [1.165, 1.54) is 0 Å². The minimum atomic E-state index is -0.231. The molecular formula is C11H14N2O2. The van der Waals surface area contributed by atoms with Gasteiger partial charge in [0, 0.05) is 17.9 Å². The molecule has 4 nitrogen and oxygen atoms in total. The molecule has 0 aliphatic heterocycles. The van der Waals surface area contributed by atoms with Crippen LogP contribution in [-0.2, 0) is 11.2 Å². The Balaban J connectivity index is 1.78. The first-order chi connectivity index (χ1) is 7.24. The predicted octanol–water partition coefficient (Wildman–Crippen LogP) is 0.264. The highest BCUT2D eigenvalue weighted by Crippen LogP contribution is 2.19. The molecule has 4 heteroatoms. The van der Waals surface area contributed by atoms with Gasteiger partial charge in [0.1, 0.15) is 0 Å². The van der Waals surface area contributed by atoms with Crippen molar-refractivity contribution in [2.45, 2.75) is 31.4 Å². The van der Waals surface area contributed by atoms with Gasteiger partial charge in [-0.15, -0.1) is 0 Å². The number of nitrogens with zero attached hydrogens (tertiary/aromatic N) is 1. The second kappa shape index (κ2) is 4.40. The van der Waals surface area contributed by atoms with E-state index < -0.39 is 0 Å². The summed E-state index contributed by atoms with van der Waals surface area (Å²) in [6.07, 6.45) is 3.11. The molecule has 15 heavy (non-hydrogen) atoms. The summed E-state index contributed by atoms with van der Waals surface area (Å²) in [6, 6.07) is 5.66. The summed E-state index contributed by atoms with van der Waals surface area (Å²) >= 11 is 0. The molecule has 1 aliphatic carbocycles. The average molecular weight is 206 g/mol. The standard InChI is InChI=1S/C11H14N2O2/c14-10-5-9(6-10)13-11(15)7-8-3-1-2-4-12-8/h1-4,9-10,14H,5-7H2,(H,13,15). The third-order valence-electron chi connectivity index (χ3n) is 2.55. The number of aromatic nitrogens is 1. The molecule has 2 N–H and O–H groups in total. The van der Waals surface area contributed by atoms with Gasteiger partial charge in [0.05, 0.1) is 12.5 Å². The maximum atomic E-state index is 11.5. The van der Waals surface area contributed by atoms with Crippen molar-refractivity contribution in [1.82, 2.24) is 10.3 Å². The van der Waals surface area contributed by atoms with Gasteiger partial charge < -0.3 is 10.4 Å². The van der Waals surface area contributed by atoms with Gasteiger partial charge in [-0.25, -0.2) is 0 Å². The summed E-state index contributed by atoms with van der Waals surface area (Å²) in [5.41, 5.74) is 0.773. The third kappa shape index (κ3) is 2.76. The first-order valence-electron chi connectivity index (χ1n) is 5.11. The fourth-order valence-corrected chi connectivity index (χ4v) is 1.65. The Morgan fingerprint density at radius 1 is 1.53 bits per heavy atom. The summed E-state index contributed by atoms with van der Waals surface area (Å²) in [6.45, 7) is 0. The van der Waals surface area contributed by atoms with Crippen LogP contribution in [0.5, 0.6) is 0 Å². The van der Waals surface area contributed by atoms with Gasteiger partial charge in [-0.1, -0.05) is 6.07 Å². The normalized spacial score (nSPS) is 24.3. The van der Waals surface area contributed by atoms with Crippen LogP contribution in [0, 0.1) is 0 Å². The quantitative estimate of drug-likeness (QED) is 0.746. The Morgan fingerprint density at radius 2 is 2.33 bits per heavy atom. The lowest BCUT2D eigenvalue weighted by molar-refractivity contribution is -0.122. The highest BCUT2D eigenvalue weighted by atomic mass is 16.3. The van der Waals surface area contributed by atoms with Crippen LogP contribution in [0.2, 0.25) is 0 Å². The van der Waals surface area contributed by atoms with Crippen LogP contribution < -0.4 is 5.32 Å². The lowest BCUT2D eigenvalue weighted by Crippen LogP contribution is -2.47. The van der Waals surface area contributed by atoms with E-state index in [9.17, 15) is 4.79 Å². The van der Waals surface area contributed by atoms with Crippen LogP contribution in [0.25, 0.3) is 0 Å². The van der Waals surface area contributed by atoms with E-state index in [1.807, 2.05) is 18.2 Å². The van der Waals surface area contributed by atoms with Crippen LogP contribution in [0.15, 0.2) is 24.4 Å².